The van der Waals surface area contributed by atoms with Gasteiger partial charge in [0.05, 0.1) is 0 Å². The van der Waals surface area contributed by atoms with Gasteiger partial charge in [-0.15, -0.1) is 0 Å². The molecule has 0 unspecified atom stereocenters. The van der Waals surface area contributed by atoms with Crippen molar-refractivity contribution in [3.63, 3.8) is 0 Å². The van der Waals surface area contributed by atoms with E-state index >= 15 is 0 Å². The van der Waals surface area contributed by atoms with E-state index in [-0.39, 0.29) is 0 Å². The highest BCUT2D eigenvalue weighted by molar-refractivity contribution is 6.34. The van der Waals surface area contributed by atoms with E-state index in [1.54, 1.807) is 0 Å². The smallest absolute Gasteiger partial charge is 0.0273 e. The SMILES string of the molecule is C1=Cc2c(c3ccccc3c3c4cc(-c5ccccc5)ccc4c4ccc(-c5ccncc5)cc4c23)CC1. The number of hydrogen-bond acceptors (Lipinski definition) is 1. The summed E-state index contributed by atoms with van der Waals surface area (Å²) in [7, 11) is 0. The molecule has 0 N–H and O–H groups in total. The Morgan fingerprint density at radius 2 is 1.11 bits per heavy atom. The van der Waals surface area contributed by atoms with E-state index < -0.39 is 0 Å². The van der Waals surface area contributed by atoms with Gasteiger partial charge >= 0.3 is 0 Å². The van der Waals surface area contributed by atoms with Crippen LogP contribution in [0.15, 0.2) is 122 Å². The van der Waals surface area contributed by atoms with Gasteiger partial charge < -0.3 is 0 Å². The highest BCUT2D eigenvalue weighted by atomic mass is 14.6. The molecule has 0 atom stereocenters. The van der Waals surface area contributed by atoms with Crippen LogP contribution in [0.1, 0.15) is 17.5 Å². The molecule has 1 aromatic heterocycles. The average molecular weight is 484 g/mol. The van der Waals surface area contributed by atoms with Crippen molar-refractivity contribution in [1.29, 1.82) is 0 Å². The molecule has 0 fully saturated rings. The minimum Gasteiger partial charge on any atom is -0.265 e. The van der Waals surface area contributed by atoms with Crippen molar-refractivity contribution in [2.45, 2.75) is 12.8 Å². The molecule has 7 aromatic rings. The van der Waals surface area contributed by atoms with Gasteiger partial charge in [0.25, 0.3) is 0 Å². The number of benzene rings is 6. The summed E-state index contributed by atoms with van der Waals surface area (Å²) in [5.41, 5.74) is 7.78. The molecule has 0 bridgehead atoms. The Bertz CT molecular complexity index is 2050. The van der Waals surface area contributed by atoms with Gasteiger partial charge in [0.1, 0.15) is 0 Å². The number of nitrogens with zero attached hydrogens (tertiary/aromatic N) is 1. The van der Waals surface area contributed by atoms with Crippen molar-refractivity contribution in [3.05, 3.63) is 133 Å². The lowest BCUT2D eigenvalue weighted by molar-refractivity contribution is 1.00. The highest BCUT2D eigenvalue weighted by Crippen LogP contribution is 2.46. The lowest BCUT2D eigenvalue weighted by Crippen LogP contribution is -1.99. The summed E-state index contributed by atoms with van der Waals surface area (Å²) in [6, 6.07) is 37.9. The first kappa shape index (κ1) is 21.3. The Morgan fingerprint density at radius 1 is 0.474 bits per heavy atom. The second kappa shape index (κ2) is 8.39. The summed E-state index contributed by atoms with van der Waals surface area (Å²) in [5.74, 6) is 0. The van der Waals surface area contributed by atoms with Gasteiger partial charge in [-0.05, 0) is 114 Å². The van der Waals surface area contributed by atoms with E-state index in [4.69, 9.17) is 0 Å². The number of hydrogen-bond donors (Lipinski definition) is 0. The maximum atomic E-state index is 4.24. The summed E-state index contributed by atoms with van der Waals surface area (Å²) in [6.45, 7) is 0. The lowest BCUT2D eigenvalue weighted by atomic mass is 9.81. The van der Waals surface area contributed by atoms with Crippen molar-refractivity contribution in [3.8, 4) is 22.3 Å². The third-order valence-electron chi connectivity index (χ3n) is 8.20. The molecule has 0 saturated carbocycles. The fraction of sp³-hybridized carbons (Fsp3) is 0.0541. The lowest BCUT2D eigenvalue weighted by Gasteiger charge is -2.22. The third-order valence-corrected chi connectivity index (χ3v) is 8.20. The molecular formula is C37H25N. The monoisotopic (exact) mass is 483 g/mol. The number of allylic oxidation sites excluding steroid dienone is 1. The van der Waals surface area contributed by atoms with Crippen LogP contribution in [-0.4, -0.2) is 4.98 Å². The standard InChI is InChI=1S/C37H25N/c1-2-8-24(9-3-1)26-14-16-30-31-17-15-27(25-18-20-38-21-19-25)23-35(31)37-33-13-7-5-11-29(33)28-10-4-6-12-32(28)36(37)34(30)22-26/h1-4,6-10,12-23H,5,11H2. The summed E-state index contributed by atoms with van der Waals surface area (Å²) in [5, 5.41) is 10.7. The van der Waals surface area contributed by atoms with Gasteiger partial charge in [0, 0.05) is 12.4 Å². The molecule has 0 amide bonds. The number of fused-ring (bicyclic) bond motifs is 11. The molecule has 1 aliphatic carbocycles. The second-order valence-corrected chi connectivity index (χ2v) is 10.3. The fourth-order valence-electron chi connectivity index (χ4n) is 6.48. The molecular weight excluding hydrogens is 458 g/mol. The first-order valence-electron chi connectivity index (χ1n) is 13.4. The van der Waals surface area contributed by atoms with Crippen LogP contribution in [0.25, 0.3) is 71.4 Å². The molecule has 178 valence electrons. The molecule has 0 spiro atoms. The number of aromatic nitrogens is 1. The Labute approximate surface area is 221 Å². The van der Waals surface area contributed by atoms with Crippen LogP contribution in [0.5, 0.6) is 0 Å². The van der Waals surface area contributed by atoms with Crippen LogP contribution in [-0.2, 0) is 6.42 Å². The summed E-state index contributed by atoms with van der Waals surface area (Å²) in [6.07, 6.45) is 10.6. The molecule has 0 aliphatic heterocycles. The normalized spacial score (nSPS) is 12.9. The third kappa shape index (κ3) is 3.15. The summed E-state index contributed by atoms with van der Waals surface area (Å²) in [4.78, 5) is 4.24. The highest BCUT2D eigenvalue weighted by Gasteiger charge is 2.20. The van der Waals surface area contributed by atoms with E-state index in [1.165, 1.54) is 76.5 Å². The maximum Gasteiger partial charge on any atom is 0.0273 e. The van der Waals surface area contributed by atoms with Crippen LogP contribution in [0.4, 0.5) is 0 Å². The van der Waals surface area contributed by atoms with E-state index in [9.17, 15) is 0 Å². The Kier molecular flexibility index (Phi) is 4.72. The predicted octanol–water partition coefficient (Wildman–Crippen LogP) is 9.99. The summed E-state index contributed by atoms with van der Waals surface area (Å²) < 4.78 is 0. The van der Waals surface area contributed by atoms with Gasteiger partial charge in [-0.1, -0.05) is 91.0 Å². The number of pyridine rings is 1. The molecule has 38 heavy (non-hydrogen) atoms. The molecule has 1 aliphatic rings. The molecule has 0 radical (unpaired) electrons. The Hall–Kier alpha value is -4.75. The predicted molar refractivity (Wildman–Crippen MR) is 162 cm³/mol. The van der Waals surface area contributed by atoms with Gasteiger partial charge in [0.15, 0.2) is 0 Å². The topological polar surface area (TPSA) is 12.9 Å². The van der Waals surface area contributed by atoms with Crippen LogP contribution >= 0.6 is 0 Å². The van der Waals surface area contributed by atoms with E-state index in [0.717, 1.165) is 12.8 Å². The van der Waals surface area contributed by atoms with Gasteiger partial charge in [-0.25, -0.2) is 0 Å². The minimum atomic E-state index is 1.08. The average Bonchev–Trinajstić information content (AvgIpc) is 3.01. The van der Waals surface area contributed by atoms with E-state index in [2.05, 4.69) is 120 Å². The largest absolute Gasteiger partial charge is 0.265 e. The van der Waals surface area contributed by atoms with Crippen LogP contribution in [0.2, 0.25) is 0 Å². The van der Waals surface area contributed by atoms with Crippen molar-refractivity contribution in [2.75, 3.05) is 0 Å². The molecule has 8 rings (SSSR count). The Morgan fingerprint density at radius 3 is 1.84 bits per heavy atom. The molecule has 1 nitrogen and oxygen atoms in total. The van der Waals surface area contributed by atoms with Crippen molar-refractivity contribution in [1.82, 2.24) is 4.98 Å². The van der Waals surface area contributed by atoms with Crippen LogP contribution in [0, 0.1) is 0 Å². The number of rotatable bonds is 2. The van der Waals surface area contributed by atoms with Gasteiger partial charge in [0.2, 0.25) is 0 Å². The second-order valence-electron chi connectivity index (χ2n) is 10.3. The van der Waals surface area contributed by atoms with E-state index in [0.29, 0.717) is 0 Å². The molecule has 0 saturated heterocycles. The Balaban J connectivity index is 1.61. The molecule has 6 aromatic carbocycles. The van der Waals surface area contributed by atoms with Crippen molar-refractivity contribution < 1.29 is 0 Å². The first-order chi connectivity index (χ1) is 18.9. The quantitative estimate of drug-likeness (QED) is 0.223. The minimum absolute atomic E-state index is 1.08. The molecule has 1 heteroatoms. The zero-order valence-corrected chi connectivity index (χ0v) is 21.0. The summed E-state index contributed by atoms with van der Waals surface area (Å²) >= 11 is 0. The number of aryl methyl sites for hydroxylation is 1. The maximum absolute atomic E-state index is 4.24. The van der Waals surface area contributed by atoms with E-state index in [1.807, 2.05) is 12.4 Å². The zero-order valence-electron chi connectivity index (χ0n) is 21.0. The first-order valence-corrected chi connectivity index (χ1v) is 13.4. The molecule has 1 heterocycles. The van der Waals surface area contributed by atoms with Gasteiger partial charge in [-0.2, -0.15) is 0 Å². The van der Waals surface area contributed by atoms with Crippen molar-refractivity contribution in [2.24, 2.45) is 0 Å². The zero-order chi connectivity index (χ0) is 25.1. The fourth-order valence-corrected chi connectivity index (χ4v) is 6.48. The van der Waals surface area contributed by atoms with Crippen LogP contribution in [0.3, 0.4) is 0 Å². The van der Waals surface area contributed by atoms with Crippen LogP contribution < -0.4 is 0 Å². The van der Waals surface area contributed by atoms with Gasteiger partial charge in [-0.3, -0.25) is 4.98 Å². The van der Waals surface area contributed by atoms with Crippen molar-refractivity contribution >= 4 is 49.2 Å².